The monoisotopic (exact) mass is 514 g/mol. The molecule has 0 amide bonds. The van der Waals surface area contributed by atoms with Crippen LogP contribution in [0.1, 0.15) is 51.5 Å². The maximum absolute atomic E-state index is 12.5. The summed E-state index contributed by atoms with van der Waals surface area (Å²) in [6.07, 6.45) is 7.16. The fourth-order valence-corrected chi connectivity index (χ4v) is 6.69. The van der Waals surface area contributed by atoms with E-state index in [1.807, 2.05) is 13.0 Å². The molecule has 3 fully saturated rings. The smallest absolute Gasteiger partial charge is 0.337 e. The summed E-state index contributed by atoms with van der Waals surface area (Å²) in [4.78, 5) is 24.9. The molecule has 7 heteroatoms. The third-order valence-corrected chi connectivity index (χ3v) is 9.01. The van der Waals surface area contributed by atoms with Crippen LogP contribution in [-0.2, 0) is 19.1 Å². The molecule has 0 spiro atoms. The van der Waals surface area contributed by atoms with Crippen molar-refractivity contribution in [3.8, 4) is 0 Å². The van der Waals surface area contributed by atoms with Gasteiger partial charge in [-0.2, -0.15) is 0 Å². The van der Waals surface area contributed by atoms with Crippen molar-refractivity contribution >= 4 is 29.6 Å². The second-order valence-corrected chi connectivity index (χ2v) is 11.3. The Kier molecular flexibility index (Phi) is 7.79. The maximum atomic E-state index is 12.5. The summed E-state index contributed by atoms with van der Waals surface area (Å²) in [6, 6.07) is 7.04. The van der Waals surface area contributed by atoms with Gasteiger partial charge in [0, 0.05) is 16.5 Å². The van der Waals surface area contributed by atoms with Gasteiger partial charge >= 0.3 is 11.9 Å². The van der Waals surface area contributed by atoms with Crippen LogP contribution in [0.15, 0.2) is 54.1 Å². The lowest BCUT2D eigenvalue weighted by atomic mass is 9.46. The largest absolute Gasteiger partial charge is 0.458 e. The molecule has 1 aromatic rings. The summed E-state index contributed by atoms with van der Waals surface area (Å²) in [7, 11) is 0. The fraction of sp³-hybridized carbons (Fsp3) is 0.517. The molecular weight excluding hydrogens is 480 g/mol. The van der Waals surface area contributed by atoms with E-state index in [0.717, 1.165) is 30.4 Å². The first-order chi connectivity index (χ1) is 17.1. The Labute approximate surface area is 217 Å². The molecule has 2 N–H and O–H groups in total. The molecular formula is C29H35ClO6. The fourth-order valence-electron chi connectivity index (χ4n) is 6.57. The van der Waals surface area contributed by atoms with Crippen LogP contribution in [0.2, 0.25) is 5.02 Å². The summed E-state index contributed by atoms with van der Waals surface area (Å²) in [6.45, 7) is 8.46. The van der Waals surface area contributed by atoms with E-state index in [1.54, 1.807) is 30.3 Å². The molecule has 3 aliphatic rings. The van der Waals surface area contributed by atoms with Crippen LogP contribution in [0.5, 0.6) is 0 Å². The van der Waals surface area contributed by atoms with E-state index in [-0.39, 0.29) is 30.5 Å². The number of hydrogen-bond donors (Lipinski definition) is 2. The van der Waals surface area contributed by atoms with Crippen LogP contribution in [0.25, 0.3) is 6.08 Å². The molecule has 2 saturated carbocycles. The molecule has 6 nitrogen and oxygen atoms in total. The topological polar surface area (TPSA) is 93.1 Å². The highest BCUT2D eigenvalue weighted by Gasteiger charge is 2.57. The standard InChI is InChI=1S/C29H35ClO6/c1-18-4-12-24-28(2,15-14-25(32)29(24,3)17-31)22(18)11-10-21-23(16-35-27(21)34)36-26(33)13-7-19-5-8-20(30)9-6-19/h5-10,13,22-25,31-32H,1,4,11-12,14-17H2,2-3H3/b13-7+,21-10+/t22-,23?,24?,25-,28+,29+/m1/s1. The molecule has 1 aromatic carbocycles. The molecule has 0 bridgehead atoms. The van der Waals surface area contributed by atoms with Gasteiger partial charge in [0.25, 0.3) is 0 Å². The number of carbonyl (C=O) groups excluding carboxylic acids is 2. The summed E-state index contributed by atoms with van der Waals surface area (Å²) in [5.74, 6) is -0.823. The third kappa shape index (κ3) is 5.04. The number of aliphatic hydroxyl groups is 2. The second kappa shape index (κ2) is 10.5. The third-order valence-electron chi connectivity index (χ3n) is 8.76. The molecule has 1 heterocycles. The number of hydrogen-bond acceptors (Lipinski definition) is 6. The van der Waals surface area contributed by atoms with Crippen molar-refractivity contribution in [2.75, 3.05) is 13.2 Å². The van der Waals surface area contributed by atoms with E-state index in [0.29, 0.717) is 23.4 Å². The molecule has 0 radical (unpaired) electrons. The SMILES string of the molecule is C=C1CCC2[C@](C)(CO)[C@H](O)CC[C@@]2(C)[C@@H]1C/C=C1/C(=O)OCC1OC(=O)/C=C/c1ccc(Cl)cc1. The lowest BCUT2D eigenvalue weighted by molar-refractivity contribution is -0.151. The highest BCUT2D eigenvalue weighted by Crippen LogP contribution is 2.61. The number of aliphatic hydroxyl groups excluding tert-OH is 2. The van der Waals surface area contributed by atoms with Gasteiger partial charge in [0.1, 0.15) is 6.61 Å². The van der Waals surface area contributed by atoms with E-state index in [4.69, 9.17) is 21.1 Å². The van der Waals surface area contributed by atoms with Crippen LogP contribution < -0.4 is 0 Å². The Morgan fingerprint density at radius 2 is 2.00 bits per heavy atom. The van der Waals surface area contributed by atoms with E-state index in [9.17, 15) is 19.8 Å². The Hall–Kier alpha value is -2.41. The van der Waals surface area contributed by atoms with Gasteiger partial charge in [-0.3, -0.25) is 0 Å². The average Bonchev–Trinajstić information content (AvgIpc) is 3.19. The van der Waals surface area contributed by atoms with Crippen LogP contribution in [0.4, 0.5) is 0 Å². The zero-order valence-electron chi connectivity index (χ0n) is 20.9. The van der Waals surface area contributed by atoms with E-state index < -0.39 is 29.6 Å². The van der Waals surface area contributed by atoms with Gasteiger partial charge in [0.2, 0.25) is 0 Å². The predicted octanol–water partition coefficient (Wildman–Crippen LogP) is 4.88. The van der Waals surface area contributed by atoms with Crippen LogP contribution in [-0.4, -0.2) is 47.6 Å². The van der Waals surface area contributed by atoms with Gasteiger partial charge in [-0.15, -0.1) is 0 Å². The van der Waals surface area contributed by atoms with Crippen molar-refractivity contribution in [3.63, 3.8) is 0 Å². The van der Waals surface area contributed by atoms with Crippen molar-refractivity contribution in [1.82, 2.24) is 0 Å². The molecule has 0 aromatic heterocycles. The minimum Gasteiger partial charge on any atom is -0.458 e. The molecule has 1 aliphatic heterocycles. The highest BCUT2D eigenvalue weighted by molar-refractivity contribution is 6.30. The number of carbonyl (C=O) groups is 2. The lowest BCUT2D eigenvalue weighted by Crippen LogP contribution is -2.57. The van der Waals surface area contributed by atoms with Crippen LogP contribution in [0.3, 0.4) is 0 Å². The number of halogens is 1. The summed E-state index contributed by atoms with van der Waals surface area (Å²) in [5.41, 5.74) is 1.53. The predicted molar refractivity (Wildman–Crippen MR) is 138 cm³/mol. The summed E-state index contributed by atoms with van der Waals surface area (Å²) >= 11 is 5.89. The van der Waals surface area contributed by atoms with Gasteiger partial charge in [0.05, 0.1) is 18.3 Å². The molecule has 6 atom stereocenters. The van der Waals surface area contributed by atoms with Gasteiger partial charge in [-0.1, -0.05) is 55.8 Å². The Balaban J connectivity index is 1.48. The second-order valence-electron chi connectivity index (χ2n) is 10.8. The van der Waals surface area contributed by atoms with Gasteiger partial charge < -0.3 is 19.7 Å². The van der Waals surface area contributed by atoms with Crippen molar-refractivity contribution in [2.24, 2.45) is 22.7 Å². The Bertz CT molecular complexity index is 1080. The van der Waals surface area contributed by atoms with E-state index in [2.05, 4.69) is 13.5 Å². The van der Waals surface area contributed by atoms with Crippen LogP contribution >= 0.6 is 11.6 Å². The number of benzene rings is 1. The van der Waals surface area contributed by atoms with Crippen molar-refractivity contribution in [1.29, 1.82) is 0 Å². The minimum atomic E-state index is -0.767. The van der Waals surface area contributed by atoms with Gasteiger partial charge in [-0.25, -0.2) is 9.59 Å². The number of esters is 2. The summed E-state index contributed by atoms with van der Waals surface area (Å²) in [5, 5.41) is 21.5. The zero-order chi connectivity index (χ0) is 26.1. The first-order valence-corrected chi connectivity index (χ1v) is 12.9. The highest BCUT2D eigenvalue weighted by atomic mass is 35.5. The number of rotatable bonds is 6. The Morgan fingerprint density at radius 3 is 2.69 bits per heavy atom. The van der Waals surface area contributed by atoms with Crippen molar-refractivity contribution in [2.45, 2.75) is 58.2 Å². The zero-order valence-corrected chi connectivity index (χ0v) is 21.7. The quantitative estimate of drug-likeness (QED) is 0.319. The first-order valence-electron chi connectivity index (χ1n) is 12.6. The first kappa shape index (κ1) is 26.6. The molecule has 2 aliphatic carbocycles. The minimum absolute atomic E-state index is 0.00846. The van der Waals surface area contributed by atoms with Crippen molar-refractivity contribution < 1.29 is 29.3 Å². The molecule has 1 saturated heterocycles. The van der Waals surface area contributed by atoms with Gasteiger partial charge in [-0.05, 0) is 73.1 Å². The number of ether oxygens (including phenoxy) is 2. The van der Waals surface area contributed by atoms with Crippen LogP contribution in [0, 0.1) is 22.7 Å². The van der Waals surface area contributed by atoms with E-state index in [1.165, 1.54) is 6.08 Å². The number of cyclic esters (lactones) is 1. The normalized spacial score (nSPS) is 35.6. The maximum Gasteiger partial charge on any atom is 0.337 e. The Morgan fingerprint density at radius 1 is 1.28 bits per heavy atom. The molecule has 4 rings (SSSR count). The molecule has 2 unspecified atom stereocenters. The average molecular weight is 515 g/mol. The molecule has 194 valence electrons. The van der Waals surface area contributed by atoms with Gasteiger partial charge in [0.15, 0.2) is 6.10 Å². The van der Waals surface area contributed by atoms with Crippen molar-refractivity contribution in [3.05, 3.63) is 64.7 Å². The number of allylic oxidation sites excluding steroid dienone is 2. The number of fused-ring (bicyclic) bond motifs is 1. The lowest BCUT2D eigenvalue weighted by Gasteiger charge is -2.59. The van der Waals surface area contributed by atoms with E-state index >= 15 is 0 Å². The molecule has 36 heavy (non-hydrogen) atoms. The summed E-state index contributed by atoms with van der Waals surface area (Å²) < 4.78 is 10.8.